The first kappa shape index (κ1) is 26.9. The van der Waals surface area contributed by atoms with Crippen LogP contribution in [0.25, 0.3) is 0 Å². The van der Waals surface area contributed by atoms with Crippen LogP contribution in [-0.4, -0.2) is 78.4 Å². The summed E-state index contributed by atoms with van der Waals surface area (Å²) in [4.78, 5) is 38.1. The van der Waals surface area contributed by atoms with Gasteiger partial charge >= 0.3 is 12.2 Å². The second-order valence-corrected chi connectivity index (χ2v) is 10.1. The molecular weight excluding hydrogens is 521 g/mol. The lowest BCUT2D eigenvalue weighted by molar-refractivity contribution is -0.149. The summed E-state index contributed by atoms with van der Waals surface area (Å²) in [6.45, 7) is 6.32. The summed E-state index contributed by atoms with van der Waals surface area (Å²) >= 11 is 0. The Kier molecular flexibility index (Phi) is 7.01. The molecule has 3 amide bonds. The Hall–Kier alpha value is -3.65. The Bertz CT molecular complexity index is 1260. The number of halogens is 3. The van der Waals surface area contributed by atoms with Crippen LogP contribution in [0.3, 0.4) is 0 Å². The number of amides is 3. The van der Waals surface area contributed by atoms with E-state index in [1.807, 2.05) is 24.1 Å². The predicted octanol–water partition coefficient (Wildman–Crippen LogP) is 3.32. The van der Waals surface area contributed by atoms with Crippen molar-refractivity contribution >= 4 is 29.3 Å². The molecule has 2 N–H and O–H groups in total. The van der Waals surface area contributed by atoms with Gasteiger partial charge in [-0.3, -0.25) is 15.0 Å². The average molecular weight is 551 g/mol. The third kappa shape index (κ3) is 5.86. The first-order chi connectivity index (χ1) is 18.4. The second-order valence-electron chi connectivity index (χ2n) is 10.1. The van der Waals surface area contributed by atoms with E-state index in [0.29, 0.717) is 31.8 Å². The van der Waals surface area contributed by atoms with Gasteiger partial charge in [0.15, 0.2) is 11.6 Å². The second kappa shape index (κ2) is 10.2. The van der Waals surface area contributed by atoms with Gasteiger partial charge in [0, 0.05) is 19.2 Å². The van der Waals surface area contributed by atoms with Gasteiger partial charge in [-0.15, -0.1) is 0 Å². The first-order valence-corrected chi connectivity index (χ1v) is 12.5. The normalized spacial score (nSPS) is 22.3. The van der Waals surface area contributed by atoms with E-state index in [2.05, 4.69) is 15.3 Å². The molecule has 0 spiro atoms. The number of nitrogens with zero attached hydrogens (tertiary/aromatic N) is 4. The van der Waals surface area contributed by atoms with Crippen molar-refractivity contribution in [2.75, 3.05) is 41.4 Å². The number of hydrogen-bond donors (Lipinski definition) is 2. The molecule has 3 atom stereocenters. The molecule has 3 aliphatic heterocycles. The van der Waals surface area contributed by atoms with Gasteiger partial charge in [0.25, 0.3) is 5.91 Å². The maximum absolute atomic E-state index is 13.4. The van der Waals surface area contributed by atoms with Crippen LogP contribution in [0.15, 0.2) is 30.3 Å². The molecule has 0 aliphatic carbocycles. The quantitative estimate of drug-likeness (QED) is 0.563. The Morgan fingerprint density at radius 3 is 2.74 bits per heavy atom. The summed E-state index contributed by atoms with van der Waals surface area (Å²) in [5.74, 6) is -0.952. The summed E-state index contributed by atoms with van der Waals surface area (Å²) in [5.41, 5.74) is 0.394. The minimum atomic E-state index is -4.60. The summed E-state index contributed by atoms with van der Waals surface area (Å²) in [7, 11) is 0. The van der Waals surface area contributed by atoms with E-state index in [1.54, 1.807) is 24.3 Å². The van der Waals surface area contributed by atoms with E-state index in [1.165, 1.54) is 11.0 Å². The van der Waals surface area contributed by atoms with E-state index in [-0.39, 0.29) is 42.0 Å². The Morgan fingerprint density at radius 1 is 1.23 bits per heavy atom. The number of rotatable bonds is 6. The van der Waals surface area contributed by atoms with Crippen molar-refractivity contribution in [3.63, 3.8) is 0 Å². The highest BCUT2D eigenvalue weighted by Gasteiger charge is 2.41. The van der Waals surface area contributed by atoms with Gasteiger partial charge in [-0.1, -0.05) is 6.07 Å². The topological polar surface area (TPSA) is 118 Å². The molecule has 5 rings (SSSR count). The summed E-state index contributed by atoms with van der Waals surface area (Å²) in [6.07, 6.45) is -4.19. The molecule has 2 aromatic heterocycles. The number of fused-ring (bicyclic) bond motifs is 4. The zero-order chi connectivity index (χ0) is 27.9. The number of hydrogen-bond acceptors (Lipinski definition) is 8. The fourth-order valence-electron chi connectivity index (χ4n) is 4.71. The first-order valence-electron chi connectivity index (χ1n) is 12.5. The molecule has 2 aromatic rings. The van der Waals surface area contributed by atoms with Crippen molar-refractivity contribution < 1.29 is 37.0 Å². The minimum absolute atomic E-state index is 0.196. The Balaban J connectivity index is 1.31. The number of pyridine rings is 2. The van der Waals surface area contributed by atoms with Crippen LogP contribution >= 0.6 is 0 Å². The number of carbonyl (C=O) groups excluding carboxylic acids is 2. The van der Waals surface area contributed by atoms with Crippen molar-refractivity contribution in [3.05, 3.63) is 36.0 Å². The maximum Gasteiger partial charge on any atom is 0.408 e. The van der Waals surface area contributed by atoms with Crippen LogP contribution in [0.2, 0.25) is 0 Å². The van der Waals surface area contributed by atoms with Gasteiger partial charge in [0.2, 0.25) is 5.88 Å². The van der Waals surface area contributed by atoms with Crippen molar-refractivity contribution in [2.45, 2.75) is 57.3 Å². The Morgan fingerprint density at radius 2 is 2.03 bits per heavy atom. The smallest absolute Gasteiger partial charge is 0.408 e. The number of alkyl halides is 3. The lowest BCUT2D eigenvalue weighted by Gasteiger charge is -2.35. The molecule has 2 bridgehead atoms. The maximum atomic E-state index is 13.4. The number of aromatic nitrogens is 2. The highest BCUT2D eigenvalue weighted by Crippen LogP contribution is 2.39. The highest BCUT2D eigenvalue weighted by molar-refractivity contribution is 6.05. The number of carbonyl (C=O) groups is 2. The van der Waals surface area contributed by atoms with Crippen molar-refractivity contribution in [1.29, 1.82) is 0 Å². The molecule has 0 aromatic carbocycles. The zero-order valence-electron chi connectivity index (χ0n) is 21.6. The SMILES string of the molecule is C[C@@H](NC(=O)c1ccc2c(n1)N(C(=O)Nc1cccc(OC[C@@H]3COC(C)(C)O3)n1)[C@H]1CCN2C1)C(F)(F)F. The van der Waals surface area contributed by atoms with Gasteiger partial charge in [-0.25, -0.2) is 9.78 Å². The summed E-state index contributed by atoms with van der Waals surface area (Å²) < 4.78 is 55.8. The van der Waals surface area contributed by atoms with Gasteiger partial charge in [0.05, 0.1) is 18.3 Å². The van der Waals surface area contributed by atoms with Gasteiger partial charge in [-0.2, -0.15) is 18.2 Å². The number of ether oxygens (including phenoxy) is 3. The van der Waals surface area contributed by atoms with Crippen LogP contribution in [0.1, 0.15) is 37.7 Å². The van der Waals surface area contributed by atoms with Crippen molar-refractivity contribution in [2.24, 2.45) is 0 Å². The lowest BCUT2D eigenvalue weighted by Crippen LogP contribution is -2.49. The third-order valence-electron chi connectivity index (χ3n) is 6.68. The zero-order valence-corrected chi connectivity index (χ0v) is 21.6. The molecule has 3 aliphatic rings. The van der Waals surface area contributed by atoms with Crippen molar-refractivity contribution in [1.82, 2.24) is 15.3 Å². The van der Waals surface area contributed by atoms with Gasteiger partial charge in [-0.05, 0) is 45.4 Å². The fraction of sp³-hybridized carbons (Fsp3) is 0.520. The summed E-state index contributed by atoms with van der Waals surface area (Å²) in [6, 6.07) is 5.06. The number of urea groups is 1. The van der Waals surface area contributed by atoms with Crippen LogP contribution in [-0.2, 0) is 9.47 Å². The van der Waals surface area contributed by atoms with Crippen LogP contribution in [0.5, 0.6) is 5.88 Å². The van der Waals surface area contributed by atoms with E-state index in [9.17, 15) is 22.8 Å². The van der Waals surface area contributed by atoms with E-state index < -0.39 is 29.9 Å². The van der Waals surface area contributed by atoms with Crippen molar-refractivity contribution in [3.8, 4) is 5.88 Å². The van der Waals surface area contributed by atoms with Crippen LogP contribution in [0.4, 0.5) is 35.3 Å². The molecule has 0 radical (unpaired) electrons. The van der Waals surface area contributed by atoms with E-state index in [4.69, 9.17) is 14.2 Å². The standard InChI is InChI=1S/C25H29F3N6O5/c1-14(25(26,27)28)29-22(35)17-7-8-18-21(30-17)34(15-9-10-33(18)11-15)23(36)32-19-5-4-6-20(31-19)37-12-16-13-38-24(2,3)39-16/h4-8,14-16H,9-13H2,1-3H3,(H,29,35)(H,31,32,36)/t14-,15+,16-/m1/s1. The number of nitrogens with one attached hydrogen (secondary N) is 2. The molecule has 210 valence electrons. The molecule has 2 fully saturated rings. The predicted molar refractivity (Wildman–Crippen MR) is 134 cm³/mol. The summed E-state index contributed by atoms with van der Waals surface area (Å²) in [5, 5.41) is 4.66. The molecular formula is C25H29F3N6O5. The molecule has 0 saturated carbocycles. The van der Waals surface area contributed by atoms with E-state index >= 15 is 0 Å². The van der Waals surface area contributed by atoms with Crippen LogP contribution in [0, 0.1) is 0 Å². The monoisotopic (exact) mass is 550 g/mol. The Labute approximate surface area is 222 Å². The minimum Gasteiger partial charge on any atom is -0.475 e. The largest absolute Gasteiger partial charge is 0.475 e. The van der Waals surface area contributed by atoms with E-state index in [0.717, 1.165) is 6.92 Å². The lowest BCUT2D eigenvalue weighted by atomic mass is 10.1. The fourth-order valence-corrected chi connectivity index (χ4v) is 4.71. The van der Waals surface area contributed by atoms with Gasteiger partial charge < -0.3 is 24.4 Å². The molecule has 5 heterocycles. The molecule has 14 heteroatoms. The molecule has 2 saturated heterocycles. The number of anilines is 3. The average Bonchev–Trinajstić information content (AvgIpc) is 3.45. The van der Waals surface area contributed by atoms with Gasteiger partial charge in [0.1, 0.15) is 30.3 Å². The highest BCUT2D eigenvalue weighted by atomic mass is 19.4. The molecule has 11 nitrogen and oxygen atoms in total. The third-order valence-corrected chi connectivity index (χ3v) is 6.68. The molecule has 39 heavy (non-hydrogen) atoms. The molecule has 0 unspecified atom stereocenters. The van der Waals surface area contributed by atoms with Crippen LogP contribution < -0.4 is 25.2 Å².